The number of nitrogens with one attached hydrogen (secondary N) is 1. The predicted molar refractivity (Wildman–Crippen MR) is 75.6 cm³/mol. The zero-order chi connectivity index (χ0) is 15.1. The Kier molecular flexibility index (Phi) is 5.42. The fourth-order valence-electron chi connectivity index (χ4n) is 1.49. The molecule has 106 valence electrons. The fourth-order valence-corrected chi connectivity index (χ4v) is 1.49. The van der Waals surface area contributed by atoms with Gasteiger partial charge in [0, 0.05) is 26.4 Å². The van der Waals surface area contributed by atoms with Crippen LogP contribution in [0.1, 0.15) is 0 Å². The molecule has 0 atom stereocenters. The van der Waals surface area contributed by atoms with Crippen LogP contribution in [0.4, 0.5) is 5.69 Å². The Balaban J connectivity index is 2.99. The molecule has 1 N–H and O–H groups in total. The van der Waals surface area contributed by atoms with Crippen molar-refractivity contribution in [1.82, 2.24) is 4.90 Å². The third-order valence-corrected chi connectivity index (χ3v) is 2.41. The highest BCUT2D eigenvalue weighted by atomic mass is 16.5. The molecule has 0 bridgehead atoms. The third-order valence-electron chi connectivity index (χ3n) is 2.41. The predicted octanol–water partition coefficient (Wildman–Crippen LogP) is 1.61. The summed E-state index contributed by atoms with van der Waals surface area (Å²) in [5, 5.41) is 11.6. The first-order valence-corrected chi connectivity index (χ1v) is 5.83. The molecule has 0 aromatic heterocycles. The summed E-state index contributed by atoms with van der Waals surface area (Å²) >= 11 is 0. The Morgan fingerprint density at radius 3 is 2.55 bits per heavy atom. The van der Waals surface area contributed by atoms with Gasteiger partial charge in [0.1, 0.15) is 23.1 Å². The lowest BCUT2D eigenvalue weighted by molar-refractivity contribution is -0.112. The number of benzene rings is 1. The van der Waals surface area contributed by atoms with Crippen molar-refractivity contribution >= 4 is 11.6 Å². The first-order valence-electron chi connectivity index (χ1n) is 5.83. The van der Waals surface area contributed by atoms with Crippen LogP contribution in [-0.4, -0.2) is 39.1 Å². The number of nitrogens with zero attached hydrogens (tertiary/aromatic N) is 2. The van der Waals surface area contributed by atoms with Gasteiger partial charge in [0.25, 0.3) is 5.91 Å². The van der Waals surface area contributed by atoms with Gasteiger partial charge in [0.15, 0.2) is 0 Å². The lowest BCUT2D eigenvalue weighted by atomic mass is 10.2. The van der Waals surface area contributed by atoms with Crippen LogP contribution in [0.3, 0.4) is 0 Å². The van der Waals surface area contributed by atoms with E-state index in [0.29, 0.717) is 17.2 Å². The molecular weight excluding hydrogens is 258 g/mol. The van der Waals surface area contributed by atoms with Crippen molar-refractivity contribution in [2.75, 3.05) is 33.6 Å². The fraction of sp³-hybridized carbons (Fsp3) is 0.286. The number of rotatable bonds is 5. The molecule has 1 amide bonds. The van der Waals surface area contributed by atoms with Crippen molar-refractivity contribution in [3.63, 3.8) is 0 Å². The van der Waals surface area contributed by atoms with Gasteiger partial charge in [0.05, 0.1) is 19.9 Å². The first-order chi connectivity index (χ1) is 9.51. The maximum absolute atomic E-state index is 12.0. The molecule has 20 heavy (non-hydrogen) atoms. The smallest absolute Gasteiger partial charge is 0.267 e. The minimum Gasteiger partial charge on any atom is -0.497 e. The maximum atomic E-state index is 12.0. The van der Waals surface area contributed by atoms with E-state index in [-0.39, 0.29) is 5.57 Å². The van der Waals surface area contributed by atoms with Crippen LogP contribution in [-0.2, 0) is 4.79 Å². The van der Waals surface area contributed by atoms with Gasteiger partial charge in [-0.05, 0) is 12.1 Å². The molecule has 0 saturated heterocycles. The van der Waals surface area contributed by atoms with Crippen LogP contribution in [0, 0.1) is 11.3 Å². The van der Waals surface area contributed by atoms with Crippen molar-refractivity contribution in [3.05, 3.63) is 30.0 Å². The summed E-state index contributed by atoms with van der Waals surface area (Å²) < 4.78 is 10.3. The second kappa shape index (κ2) is 7.04. The third kappa shape index (κ3) is 3.92. The molecular formula is C14H17N3O3. The van der Waals surface area contributed by atoms with Gasteiger partial charge in [0.2, 0.25) is 0 Å². The van der Waals surface area contributed by atoms with Gasteiger partial charge in [-0.1, -0.05) is 0 Å². The number of nitriles is 1. The average Bonchev–Trinajstić information content (AvgIpc) is 2.44. The number of methoxy groups -OCH3 is 2. The van der Waals surface area contributed by atoms with Gasteiger partial charge in [-0.3, -0.25) is 4.79 Å². The van der Waals surface area contributed by atoms with Crippen molar-refractivity contribution in [3.8, 4) is 17.6 Å². The Morgan fingerprint density at radius 2 is 2.05 bits per heavy atom. The lowest BCUT2D eigenvalue weighted by Crippen LogP contribution is -2.16. The number of carbonyl (C=O) groups is 1. The second-order valence-electron chi connectivity index (χ2n) is 4.14. The van der Waals surface area contributed by atoms with Gasteiger partial charge in [-0.2, -0.15) is 5.26 Å². The standard InChI is InChI=1S/C14H17N3O3/c1-17(2)9-10(8-15)14(18)16-12-6-5-11(19-3)7-13(12)20-4/h5-7,9H,1-4H3,(H,16,18)/b10-9+. The number of hydrogen-bond acceptors (Lipinski definition) is 5. The zero-order valence-electron chi connectivity index (χ0n) is 11.9. The number of amides is 1. The summed E-state index contributed by atoms with van der Waals surface area (Å²) in [4.78, 5) is 13.6. The molecule has 6 nitrogen and oxygen atoms in total. The monoisotopic (exact) mass is 275 g/mol. The topological polar surface area (TPSA) is 74.6 Å². The minimum absolute atomic E-state index is 0.00729. The van der Waals surface area contributed by atoms with Crippen molar-refractivity contribution < 1.29 is 14.3 Å². The molecule has 0 radical (unpaired) electrons. The lowest BCUT2D eigenvalue weighted by Gasteiger charge is -2.12. The van der Waals surface area contributed by atoms with E-state index in [1.54, 1.807) is 44.3 Å². The van der Waals surface area contributed by atoms with Crippen molar-refractivity contribution in [1.29, 1.82) is 5.26 Å². The van der Waals surface area contributed by atoms with E-state index in [0.717, 1.165) is 0 Å². The summed E-state index contributed by atoms with van der Waals surface area (Å²) in [5.41, 5.74) is 0.478. The maximum Gasteiger partial charge on any atom is 0.267 e. The Bertz CT molecular complexity index is 559. The van der Waals surface area contributed by atoms with Crippen LogP contribution in [0.25, 0.3) is 0 Å². The van der Waals surface area contributed by atoms with E-state index in [2.05, 4.69) is 5.32 Å². The summed E-state index contributed by atoms with van der Waals surface area (Å²) in [6.07, 6.45) is 1.45. The normalized spacial score (nSPS) is 10.4. The molecule has 1 rings (SSSR count). The number of ether oxygens (including phenoxy) is 2. The molecule has 0 saturated carbocycles. The van der Waals surface area contributed by atoms with Crippen LogP contribution < -0.4 is 14.8 Å². The van der Waals surface area contributed by atoms with E-state index >= 15 is 0 Å². The van der Waals surface area contributed by atoms with Crippen LogP contribution >= 0.6 is 0 Å². The molecule has 0 fully saturated rings. The highest BCUT2D eigenvalue weighted by molar-refractivity contribution is 6.07. The number of anilines is 1. The molecule has 1 aromatic rings. The SMILES string of the molecule is COc1ccc(NC(=O)/C(C#N)=C/N(C)C)c(OC)c1. The van der Waals surface area contributed by atoms with Gasteiger partial charge in [-0.25, -0.2) is 0 Å². The molecule has 0 heterocycles. The molecule has 0 aliphatic heterocycles. The molecule has 1 aromatic carbocycles. The molecule has 0 unspecified atom stereocenters. The Morgan fingerprint density at radius 1 is 1.35 bits per heavy atom. The molecule has 6 heteroatoms. The summed E-state index contributed by atoms with van der Waals surface area (Å²) in [7, 11) is 6.50. The molecule has 0 aliphatic carbocycles. The van der Waals surface area contributed by atoms with Crippen molar-refractivity contribution in [2.45, 2.75) is 0 Å². The first kappa shape index (κ1) is 15.4. The van der Waals surface area contributed by atoms with Crippen LogP contribution in [0.2, 0.25) is 0 Å². The van der Waals surface area contributed by atoms with Gasteiger partial charge >= 0.3 is 0 Å². The summed E-state index contributed by atoms with van der Waals surface area (Å²) in [6.45, 7) is 0. The van der Waals surface area contributed by atoms with E-state index < -0.39 is 5.91 Å². The highest BCUT2D eigenvalue weighted by Crippen LogP contribution is 2.29. The van der Waals surface area contributed by atoms with Gasteiger partial charge in [-0.15, -0.1) is 0 Å². The largest absolute Gasteiger partial charge is 0.497 e. The molecule has 0 aliphatic rings. The zero-order valence-corrected chi connectivity index (χ0v) is 11.9. The average molecular weight is 275 g/mol. The van der Waals surface area contributed by atoms with E-state index in [1.165, 1.54) is 13.3 Å². The van der Waals surface area contributed by atoms with E-state index in [1.807, 2.05) is 6.07 Å². The number of carbonyl (C=O) groups excluding carboxylic acids is 1. The van der Waals surface area contributed by atoms with Gasteiger partial charge < -0.3 is 19.7 Å². The van der Waals surface area contributed by atoms with Crippen LogP contribution in [0.5, 0.6) is 11.5 Å². The quantitative estimate of drug-likeness (QED) is 0.652. The minimum atomic E-state index is -0.496. The summed E-state index contributed by atoms with van der Waals surface area (Å²) in [5.74, 6) is 0.577. The summed E-state index contributed by atoms with van der Waals surface area (Å²) in [6, 6.07) is 6.85. The Labute approximate surface area is 118 Å². The second-order valence-corrected chi connectivity index (χ2v) is 4.14. The number of hydrogen-bond donors (Lipinski definition) is 1. The molecule has 0 spiro atoms. The van der Waals surface area contributed by atoms with Crippen molar-refractivity contribution in [2.24, 2.45) is 0 Å². The highest BCUT2D eigenvalue weighted by Gasteiger charge is 2.13. The van der Waals surface area contributed by atoms with E-state index in [9.17, 15) is 4.79 Å². The van der Waals surface area contributed by atoms with E-state index in [4.69, 9.17) is 14.7 Å². The van der Waals surface area contributed by atoms with Crippen LogP contribution in [0.15, 0.2) is 30.0 Å². The Hall–Kier alpha value is -2.68.